The van der Waals surface area contributed by atoms with Crippen LogP contribution in [-0.4, -0.2) is 29.7 Å². The minimum absolute atomic E-state index is 0.0835. The third-order valence-electron chi connectivity index (χ3n) is 3.26. The molecular formula is C15H22N2O2. The van der Waals surface area contributed by atoms with Crippen LogP contribution in [0.4, 0.5) is 4.79 Å². The number of hydrogen-bond donors (Lipinski definition) is 1. The third-order valence-corrected chi connectivity index (χ3v) is 3.26. The lowest BCUT2D eigenvalue weighted by molar-refractivity contribution is 0.0150. The fraction of sp³-hybridized carbons (Fsp3) is 0.533. The van der Waals surface area contributed by atoms with Crippen LogP contribution in [0.2, 0.25) is 0 Å². The Morgan fingerprint density at radius 1 is 1.42 bits per heavy atom. The highest BCUT2D eigenvalue weighted by Crippen LogP contribution is 2.30. The second-order valence-corrected chi connectivity index (χ2v) is 5.87. The second kappa shape index (κ2) is 5.21. The Hall–Kier alpha value is -1.55. The SMILES string of the molecule is CC(C)(C)OC(=O)N1CCc2ccccc2[C@H]1CN. The number of hydrogen-bond acceptors (Lipinski definition) is 3. The van der Waals surface area contributed by atoms with E-state index in [-0.39, 0.29) is 12.1 Å². The lowest BCUT2D eigenvalue weighted by Gasteiger charge is -2.37. The summed E-state index contributed by atoms with van der Waals surface area (Å²) in [4.78, 5) is 14.0. The van der Waals surface area contributed by atoms with E-state index in [0.717, 1.165) is 12.0 Å². The highest BCUT2D eigenvalue weighted by molar-refractivity contribution is 5.69. The van der Waals surface area contributed by atoms with E-state index in [1.54, 1.807) is 4.90 Å². The summed E-state index contributed by atoms with van der Waals surface area (Å²) in [5.74, 6) is 0. The molecule has 0 fully saturated rings. The first kappa shape index (κ1) is 13.9. The maximum atomic E-state index is 12.2. The molecule has 1 aliphatic heterocycles. The first-order valence-electron chi connectivity index (χ1n) is 6.70. The number of fused-ring (bicyclic) bond motifs is 1. The topological polar surface area (TPSA) is 55.6 Å². The highest BCUT2D eigenvalue weighted by atomic mass is 16.6. The van der Waals surface area contributed by atoms with E-state index in [9.17, 15) is 4.79 Å². The normalized spacial score (nSPS) is 18.9. The summed E-state index contributed by atoms with van der Waals surface area (Å²) in [7, 11) is 0. The molecule has 0 saturated carbocycles. The van der Waals surface area contributed by atoms with Gasteiger partial charge in [0.05, 0.1) is 6.04 Å². The van der Waals surface area contributed by atoms with Crippen LogP contribution in [0.3, 0.4) is 0 Å². The molecule has 1 aromatic rings. The Labute approximate surface area is 114 Å². The molecule has 104 valence electrons. The Bertz CT molecular complexity index is 465. The van der Waals surface area contributed by atoms with Crippen LogP contribution in [0.25, 0.3) is 0 Å². The van der Waals surface area contributed by atoms with Crippen LogP contribution >= 0.6 is 0 Å². The fourth-order valence-corrected chi connectivity index (χ4v) is 2.44. The van der Waals surface area contributed by atoms with Gasteiger partial charge in [0.2, 0.25) is 0 Å². The molecule has 0 unspecified atom stereocenters. The zero-order valence-corrected chi connectivity index (χ0v) is 11.8. The Balaban J connectivity index is 2.22. The number of rotatable bonds is 1. The molecular weight excluding hydrogens is 240 g/mol. The minimum Gasteiger partial charge on any atom is -0.444 e. The van der Waals surface area contributed by atoms with Crippen LogP contribution in [-0.2, 0) is 11.2 Å². The van der Waals surface area contributed by atoms with Crippen molar-refractivity contribution in [2.45, 2.75) is 38.8 Å². The molecule has 1 amide bonds. The maximum absolute atomic E-state index is 12.2. The van der Waals surface area contributed by atoms with E-state index in [2.05, 4.69) is 6.07 Å². The maximum Gasteiger partial charge on any atom is 0.410 e. The third kappa shape index (κ3) is 3.07. The van der Waals surface area contributed by atoms with E-state index in [1.807, 2.05) is 39.0 Å². The van der Waals surface area contributed by atoms with E-state index in [0.29, 0.717) is 13.1 Å². The number of benzene rings is 1. The molecule has 1 atom stereocenters. The van der Waals surface area contributed by atoms with E-state index < -0.39 is 5.60 Å². The van der Waals surface area contributed by atoms with Crippen LogP contribution in [0, 0.1) is 0 Å². The van der Waals surface area contributed by atoms with Gasteiger partial charge in [-0.3, -0.25) is 4.90 Å². The molecule has 1 aliphatic rings. The number of carbonyl (C=O) groups excluding carboxylic acids is 1. The summed E-state index contributed by atoms with van der Waals surface area (Å²) in [5, 5.41) is 0. The van der Waals surface area contributed by atoms with Crippen molar-refractivity contribution >= 4 is 6.09 Å². The molecule has 0 saturated heterocycles. The van der Waals surface area contributed by atoms with Crippen molar-refractivity contribution in [2.24, 2.45) is 5.73 Å². The smallest absolute Gasteiger partial charge is 0.410 e. The zero-order chi connectivity index (χ0) is 14.0. The Kier molecular flexibility index (Phi) is 3.80. The second-order valence-electron chi connectivity index (χ2n) is 5.87. The molecule has 19 heavy (non-hydrogen) atoms. The molecule has 4 heteroatoms. The Morgan fingerprint density at radius 3 is 2.74 bits per heavy atom. The standard InChI is InChI=1S/C15H22N2O2/c1-15(2,3)19-14(18)17-9-8-11-6-4-5-7-12(11)13(17)10-16/h4-7,13H,8-10,16H2,1-3H3/t13-/m1/s1. The van der Waals surface area contributed by atoms with Crippen molar-refractivity contribution in [2.75, 3.05) is 13.1 Å². The predicted octanol–water partition coefficient (Wildman–Crippen LogP) is 2.48. The molecule has 2 rings (SSSR count). The zero-order valence-electron chi connectivity index (χ0n) is 11.8. The highest BCUT2D eigenvalue weighted by Gasteiger charge is 2.32. The summed E-state index contributed by atoms with van der Waals surface area (Å²) in [6, 6.07) is 8.07. The summed E-state index contributed by atoms with van der Waals surface area (Å²) < 4.78 is 5.46. The largest absolute Gasteiger partial charge is 0.444 e. The molecule has 0 spiro atoms. The van der Waals surface area contributed by atoms with Crippen LogP contribution < -0.4 is 5.73 Å². The van der Waals surface area contributed by atoms with Crippen molar-refractivity contribution in [3.8, 4) is 0 Å². The summed E-state index contributed by atoms with van der Waals surface area (Å²) in [6.07, 6.45) is 0.573. The van der Waals surface area contributed by atoms with Crippen molar-refractivity contribution in [1.29, 1.82) is 0 Å². The summed E-state index contributed by atoms with van der Waals surface area (Å²) >= 11 is 0. The van der Waals surface area contributed by atoms with Crippen molar-refractivity contribution < 1.29 is 9.53 Å². The van der Waals surface area contributed by atoms with Crippen LogP contribution in [0.1, 0.15) is 37.9 Å². The van der Waals surface area contributed by atoms with Gasteiger partial charge in [-0.05, 0) is 38.3 Å². The van der Waals surface area contributed by atoms with E-state index in [4.69, 9.17) is 10.5 Å². The first-order chi connectivity index (χ1) is 8.92. The molecule has 2 N–H and O–H groups in total. The van der Waals surface area contributed by atoms with Crippen molar-refractivity contribution in [3.63, 3.8) is 0 Å². The van der Waals surface area contributed by atoms with E-state index in [1.165, 1.54) is 5.56 Å². The van der Waals surface area contributed by atoms with Gasteiger partial charge in [-0.25, -0.2) is 4.79 Å². The lowest BCUT2D eigenvalue weighted by Crippen LogP contribution is -2.45. The fourth-order valence-electron chi connectivity index (χ4n) is 2.44. The molecule has 0 bridgehead atoms. The van der Waals surface area contributed by atoms with Crippen LogP contribution in [0.5, 0.6) is 0 Å². The average Bonchev–Trinajstić information content (AvgIpc) is 2.35. The summed E-state index contributed by atoms with van der Waals surface area (Å²) in [6.45, 7) is 6.70. The molecule has 1 aromatic carbocycles. The van der Waals surface area contributed by atoms with Crippen molar-refractivity contribution in [1.82, 2.24) is 4.90 Å². The Morgan fingerprint density at radius 2 is 2.11 bits per heavy atom. The number of amides is 1. The molecule has 0 aromatic heterocycles. The quantitative estimate of drug-likeness (QED) is 0.846. The van der Waals surface area contributed by atoms with Crippen molar-refractivity contribution in [3.05, 3.63) is 35.4 Å². The molecule has 0 aliphatic carbocycles. The van der Waals surface area contributed by atoms with Gasteiger partial charge in [0, 0.05) is 13.1 Å². The number of nitrogens with two attached hydrogens (primary N) is 1. The number of ether oxygens (including phenoxy) is 1. The first-order valence-corrected chi connectivity index (χ1v) is 6.70. The number of nitrogens with zero attached hydrogens (tertiary/aromatic N) is 1. The van der Waals surface area contributed by atoms with Gasteiger partial charge in [-0.1, -0.05) is 24.3 Å². The van der Waals surface area contributed by atoms with Gasteiger partial charge in [-0.2, -0.15) is 0 Å². The number of carbonyl (C=O) groups is 1. The summed E-state index contributed by atoms with van der Waals surface area (Å²) in [5.41, 5.74) is 7.80. The molecule has 0 radical (unpaired) electrons. The van der Waals surface area contributed by atoms with Gasteiger partial charge in [-0.15, -0.1) is 0 Å². The van der Waals surface area contributed by atoms with E-state index >= 15 is 0 Å². The lowest BCUT2D eigenvalue weighted by atomic mass is 9.93. The van der Waals surface area contributed by atoms with Gasteiger partial charge in [0.1, 0.15) is 5.60 Å². The van der Waals surface area contributed by atoms with Gasteiger partial charge < -0.3 is 10.5 Å². The van der Waals surface area contributed by atoms with Gasteiger partial charge in [0.25, 0.3) is 0 Å². The average molecular weight is 262 g/mol. The molecule has 1 heterocycles. The van der Waals surface area contributed by atoms with Gasteiger partial charge in [0.15, 0.2) is 0 Å². The minimum atomic E-state index is -0.479. The molecule has 4 nitrogen and oxygen atoms in total. The predicted molar refractivity (Wildman–Crippen MR) is 74.9 cm³/mol. The van der Waals surface area contributed by atoms with Crippen LogP contribution in [0.15, 0.2) is 24.3 Å². The monoisotopic (exact) mass is 262 g/mol. The van der Waals surface area contributed by atoms with Gasteiger partial charge >= 0.3 is 6.09 Å².